The molecule has 6 heteroatoms. The Morgan fingerprint density at radius 1 is 0.964 bits per heavy atom. The molecule has 0 heterocycles. The maximum Gasteiger partial charge on any atom is 0.253 e. The number of nitrogens with zero attached hydrogens (tertiary/aromatic N) is 1. The molecule has 1 amide bonds. The van der Waals surface area contributed by atoms with Gasteiger partial charge in [0.05, 0.1) is 6.04 Å². The van der Waals surface area contributed by atoms with Crippen LogP contribution in [0.3, 0.4) is 0 Å². The van der Waals surface area contributed by atoms with Crippen molar-refractivity contribution in [2.24, 2.45) is 0 Å². The molecular formula is C22H23N3O3. The second-order valence-electron chi connectivity index (χ2n) is 6.83. The van der Waals surface area contributed by atoms with Crippen LogP contribution in [0, 0.1) is 0 Å². The van der Waals surface area contributed by atoms with Gasteiger partial charge in [-0.15, -0.1) is 0 Å². The molecule has 3 rings (SSSR count). The van der Waals surface area contributed by atoms with E-state index in [2.05, 4.69) is 10.6 Å². The van der Waals surface area contributed by atoms with Crippen LogP contribution >= 0.6 is 0 Å². The molecule has 3 aromatic carbocycles. The molecule has 0 radical (unpaired) electrons. The second kappa shape index (κ2) is 8.08. The van der Waals surface area contributed by atoms with Gasteiger partial charge in [0.25, 0.3) is 16.8 Å². The number of hydrogen-bond donors (Lipinski definition) is 2. The maximum atomic E-state index is 12.1. The zero-order chi connectivity index (χ0) is 20.3. The Morgan fingerprint density at radius 3 is 2.29 bits per heavy atom. The summed E-state index contributed by atoms with van der Waals surface area (Å²) in [5.74, 6) is -0.137. The fourth-order valence-corrected chi connectivity index (χ4v) is 3.06. The van der Waals surface area contributed by atoms with E-state index in [1.54, 1.807) is 38.4 Å². The highest BCUT2D eigenvalue weighted by Crippen LogP contribution is 2.27. The van der Waals surface area contributed by atoms with E-state index in [0.29, 0.717) is 11.3 Å². The van der Waals surface area contributed by atoms with Crippen molar-refractivity contribution in [2.75, 3.05) is 24.7 Å². The van der Waals surface area contributed by atoms with Crippen LogP contribution in [0.1, 0.15) is 35.3 Å². The Balaban J connectivity index is 1.85. The third-order valence-electron chi connectivity index (χ3n) is 4.62. The SMILES string of the molecule is CC[C@@H](Nc1c(Nc2cccc(C(=O)N(C)C)c2)c(=O)c1=O)c1ccccc1. The fraction of sp³-hybridized carbons (Fsp3) is 0.227. The van der Waals surface area contributed by atoms with Crippen LogP contribution in [0.5, 0.6) is 0 Å². The van der Waals surface area contributed by atoms with Crippen molar-refractivity contribution in [1.29, 1.82) is 0 Å². The highest BCUT2D eigenvalue weighted by atomic mass is 16.2. The zero-order valence-electron chi connectivity index (χ0n) is 16.2. The lowest BCUT2D eigenvalue weighted by molar-refractivity contribution is 0.0827. The summed E-state index contributed by atoms with van der Waals surface area (Å²) in [6.07, 6.45) is 0.759. The lowest BCUT2D eigenvalue weighted by Crippen LogP contribution is -2.37. The first-order valence-corrected chi connectivity index (χ1v) is 9.16. The van der Waals surface area contributed by atoms with Gasteiger partial charge in [0, 0.05) is 25.3 Å². The lowest BCUT2D eigenvalue weighted by Gasteiger charge is -2.22. The third-order valence-corrected chi connectivity index (χ3v) is 4.62. The molecule has 2 N–H and O–H groups in total. The smallest absolute Gasteiger partial charge is 0.253 e. The van der Waals surface area contributed by atoms with E-state index in [1.165, 1.54) is 4.90 Å². The first kappa shape index (κ1) is 19.4. The van der Waals surface area contributed by atoms with Crippen molar-refractivity contribution >= 4 is 23.0 Å². The number of hydrogen-bond acceptors (Lipinski definition) is 5. The van der Waals surface area contributed by atoms with Gasteiger partial charge in [-0.25, -0.2) is 0 Å². The molecule has 144 valence electrons. The molecule has 1 atom stereocenters. The van der Waals surface area contributed by atoms with E-state index < -0.39 is 10.9 Å². The standard InChI is InChI=1S/C22H23N3O3/c1-4-17(14-9-6-5-7-10-14)24-19-18(20(26)21(19)27)23-16-12-8-11-15(13-16)22(28)25(2)3/h5-13,17,23-24H,4H2,1-3H3/t17-/m1/s1. The van der Waals surface area contributed by atoms with Gasteiger partial charge in [0.2, 0.25) is 0 Å². The monoisotopic (exact) mass is 377 g/mol. The normalized spacial score (nSPS) is 11.8. The van der Waals surface area contributed by atoms with Crippen molar-refractivity contribution in [3.63, 3.8) is 0 Å². The van der Waals surface area contributed by atoms with Gasteiger partial charge in [0.1, 0.15) is 11.4 Å². The number of carbonyl (C=O) groups excluding carboxylic acids is 1. The molecule has 0 aliphatic rings. The number of amides is 1. The van der Waals surface area contributed by atoms with E-state index >= 15 is 0 Å². The summed E-state index contributed by atoms with van der Waals surface area (Å²) in [6.45, 7) is 2.01. The molecule has 0 spiro atoms. The minimum Gasteiger partial charge on any atom is -0.373 e. The van der Waals surface area contributed by atoms with E-state index in [0.717, 1.165) is 12.0 Å². The largest absolute Gasteiger partial charge is 0.373 e. The van der Waals surface area contributed by atoms with E-state index in [4.69, 9.17) is 0 Å². The van der Waals surface area contributed by atoms with Crippen LogP contribution in [0.4, 0.5) is 17.1 Å². The minimum absolute atomic E-state index is 0.0771. The third kappa shape index (κ3) is 3.81. The van der Waals surface area contributed by atoms with Crippen molar-refractivity contribution < 1.29 is 4.79 Å². The number of anilines is 3. The summed E-state index contributed by atoms with van der Waals surface area (Å²) in [5.41, 5.74) is 1.54. The predicted octanol–water partition coefficient (Wildman–Crippen LogP) is 3.29. The summed E-state index contributed by atoms with van der Waals surface area (Å²) in [5, 5.41) is 6.20. The zero-order valence-corrected chi connectivity index (χ0v) is 16.2. The summed E-state index contributed by atoms with van der Waals surface area (Å²) in [6, 6.07) is 16.6. The molecule has 6 nitrogen and oxygen atoms in total. The quantitative estimate of drug-likeness (QED) is 0.618. The molecule has 0 fully saturated rings. The molecule has 28 heavy (non-hydrogen) atoms. The number of nitrogens with one attached hydrogen (secondary N) is 2. The van der Waals surface area contributed by atoms with Crippen LogP contribution in [0.25, 0.3) is 0 Å². The van der Waals surface area contributed by atoms with Crippen molar-refractivity contribution in [2.45, 2.75) is 19.4 Å². The van der Waals surface area contributed by atoms with E-state index in [1.807, 2.05) is 37.3 Å². The number of rotatable bonds is 7. The Kier molecular flexibility index (Phi) is 5.59. The van der Waals surface area contributed by atoms with E-state index in [9.17, 15) is 14.4 Å². The summed E-state index contributed by atoms with van der Waals surface area (Å²) >= 11 is 0. The van der Waals surface area contributed by atoms with Crippen LogP contribution < -0.4 is 21.5 Å². The van der Waals surface area contributed by atoms with Gasteiger partial charge >= 0.3 is 0 Å². The summed E-state index contributed by atoms with van der Waals surface area (Å²) in [4.78, 5) is 37.9. The van der Waals surface area contributed by atoms with Gasteiger partial charge in [-0.05, 0) is 30.2 Å². The maximum absolute atomic E-state index is 12.1. The Hall–Kier alpha value is -3.41. The molecule has 0 saturated carbocycles. The van der Waals surface area contributed by atoms with Gasteiger partial charge in [-0.3, -0.25) is 14.4 Å². The van der Waals surface area contributed by atoms with Crippen LogP contribution in [0.2, 0.25) is 0 Å². The molecule has 3 aromatic rings. The van der Waals surface area contributed by atoms with Crippen LogP contribution in [-0.4, -0.2) is 24.9 Å². The van der Waals surface area contributed by atoms with Crippen molar-refractivity contribution in [3.8, 4) is 0 Å². The predicted molar refractivity (Wildman–Crippen MR) is 112 cm³/mol. The molecule has 0 aliphatic carbocycles. The summed E-state index contributed by atoms with van der Waals surface area (Å²) < 4.78 is 0. The van der Waals surface area contributed by atoms with Gasteiger partial charge in [-0.2, -0.15) is 0 Å². The average molecular weight is 377 g/mol. The Bertz CT molecular complexity index is 1050. The number of carbonyl (C=O) groups is 1. The fourth-order valence-electron chi connectivity index (χ4n) is 3.06. The first-order chi connectivity index (χ1) is 13.4. The van der Waals surface area contributed by atoms with Gasteiger partial charge in [0.15, 0.2) is 0 Å². The summed E-state index contributed by atoms with van der Waals surface area (Å²) in [7, 11) is 3.35. The molecule has 0 saturated heterocycles. The van der Waals surface area contributed by atoms with E-state index in [-0.39, 0.29) is 23.3 Å². The molecule has 0 aromatic heterocycles. The molecule has 0 unspecified atom stereocenters. The Morgan fingerprint density at radius 2 is 1.64 bits per heavy atom. The molecule has 0 bridgehead atoms. The van der Waals surface area contributed by atoms with Crippen molar-refractivity contribution in [1.82, 2.24) is 4.90 Å². The Labute approximate surface area is 163 Å². The topological polar surface area (TPSA) is 78.5 Å². The van der Waals surface area contributed by atoms with Gasteiger partial charge in [-0.1, -0.05) is 43.3 Å². The van der Waals surface area contributed by atoms with Crippen molar-refractivity contribution in [3.05, 3.63) is 86.2 Å². The highest BCUT2D eigenvalue weighted by Gasteiger charge is 2.24. The lowest BCUT2D eigenvalue weighted by atomic mass is 10.0. The molecule has 0 aliphatic heterocycles. The first-order valence-electron chi connectivity index (χ1n) is 9.16. The minimum atomic E-state index is -0.560. The van der Waals surface area contributed by atoms with Crippen LogP contribution in [-0.2, 0) is 0 Å². The second-order valence-corrected chi connectivity index (χ2v) is 6.83. The molecular weight excluding hydrogens is 354 g/mol. The average Bonchev–Trinajstić information content (AvgIpc) is 2.73. The van der Waals surface area contributed by atoms with Gasteiger partial charge < -0.3 is 15.5 Å². The highest BCUT2D eigenvalue weighted by molar-refractivity contribution is 5.95. The number of benzene rings is 2. The van der Waals surface area contributed by atoms with Crippen LogP contribution in [0.15, 0.2) is 64.2 Å².